The second-order valence-corrected chi connectivity index (χ2v) is 7.70. The predicted molar refractivity (Wildman–Crippen MR) is 88.5 cm³/mol. The number of hydrogen-bond donors (Lipinski definition) is 1. The minimum Gasteiger partial charge on any atom is -0.301 e. The number of halogens is 3. The molecule has 0 saturated carbocycles. The number of benzene rings is 1. The summed E-state index contributed by atoms with van der Waals surface area (Å²) < 4.78 is 1.76. The second kappa shape index (κ2) is 6.08. The minimum absolute atomic E-state index is 0.0868. The Kier molecular flexibility index (Phi) is 4.87. The summed E-state index contributed by atoms with van der Waals surface area (Å²) in [7, 11) is 0. The van der Waals surface area contributed by atoms with Crippen molar-refractivity contribution < 1.29 is 4.79 Å². The molecule has 1 amide bonds. The third kappa shape index (κ3) is 3.48. The summed E-state index contributed by atoms with van der Waals surface area (Å²) in [5.41, 5.74) is 0.806. The van der Waals surface area contributed by atoms with E-state index < -0.39 is 0 Å². The van der Waals surface area contributed by atoms with Gasteiger partial charge in [0.25, 0.3) is 0 Å². The molecule has 2 aromatic rings. The molecule has 7 heteroatoms. The van der Waals surface area contributed by atoms with Gasteiger partial charge >= 0.3 is 0 Å². The van der Waals surface area contributed by atoms with Crippen LogP contribution in [0.5, 0.6) is 0 Å². The fourth-order valence-electron chi connectivity index (χ4n) is 1.49. The van der Waals surface area contributed by atoms with E-state index in [0.29, 0.717) is 10.2 Å². The molecule has 0 unspecified atom stereocenters. The van der Waals surface area contributed by atoms with Crippen LogP contribution in [-0.2, 0) is 4.79 Å². The number of carbonyl (C=O) groups is 1. The molecular formula is C12H11Br2ClN2OS. The van der Waals surface area contributed by atoms with Crippen LogP contribution in [0.25, 0.3) is 10.2 Å². The van der Waals surface area contributed by atoms with Crippen LogP contribution in [0.3, 0.4) is 0 Å². The lowest BCUT2D eigenvalue weighted by atomic mass is 10.1. The normalized spacial score (nSPS) is 12.9. The van der Waals surface area contributed by atoms with Crippen LogP contribution in [0.1, 0.15) is 13.8 Å². The Labute approximate surface area is 137 Å². The molecule has 0 aliphatic rings. The SMILES string of the molecule is CC(C)[C@H](Br)C(=O)Nc1nc2c(Br)cc(Cl)cc2s1. The molecule has 0 spiro atoms. The van der Waals surface area contributed by atoms with Gasteiger partial charge in [-0.3, -0.25) is 4.79 Å². The Balaban J connectivity index is 2.27. The highest BCUT2D eigenvalue weighted by atomic mass is 79.9. The van der Waals surface area contributed by atoms with Gasteiger partial charge in [-0.05, 0) is 34.0 Å². The predicted octanol–water partition coefficient (Wildman–Crippen LogP) is 5.07. The first-order valence-corrected chi connectivity index (χ1v) is 8.49. The van der Waals surface area contributed by atoms with Crippen molar-refractivity contribution in [3.8, 4) is 0 Å². The molecule has 0 aliphatic carbocycles. The molecule has 1 N–H and O–H groups in total. The number of fused-ring (bicyclic) bond motifs is 1. The third-order valence-electron chi connectivity index (χ3n) is 2.48. The summed E-state index contributed by atoms with van der Waals surface area (Å²) in [5.74, 6) is 0.131. The molecule has 0 fully saturated rings. The molecule has 0 aliphatic heterocycles. The van der Waals surface area contributed by atoms with Crippen LogP contribution in [-0.4, -0.2) is 15.7 Å². The van der Waals surface area contributed by atoms with Gasteiger partial charge in [0, 0.05) is 9.50 Å². The molecular weight excluding hydrogens is 415 g/mol. The molecule has 1 heterocycles. The van der Waals surface area contributed by atoms with Crippen LogP contribution in [0.15, 0.2) is 16.6 Å². The van der Waals surface area contributed by atoms with E-state index in [9.17, 15) is 4.79 Å². The molecule has 1 aromatic carbocycles. The van der Waals surface area contributed by atoms with Gasteiger partial charge in [-0.25, -0.2) is 4.98 Å². The van der Waals surface area contributed by atoms with Gasteiger partial charge in [-0.2, -0.15) is 0 Å². The number of anilines is 1. The van der Waals surface area contributed by atoms with Crippen LogP contribution < -0.4 is 5.32 Å². The fourth-order valence-corrected chi connectivity index (χ4v) is 3.63. The number of alkyl halides is 1. The zero-order valence-corrected chi connectivity index (χ0v) is 15.0. The van der Waals surface area contributed by atoms with Gasteiger partial charge < -0.3 is 5.32 Å². The van der Waals surface area contributed by atoms with Crippen molar-refractivity contribution in [2.24, 2.45) is 5.92 Å². The Bertz CT molecular complexity index is 629. The van der Waals surface area contributed by atoms with E-state index in [1.807, 2.05) is 19.9 Å². The zero-order valence-electron chi connectivity index (χ0n) is 10.2. The number of rotatable bonds is 3. The minimum atomic E-state index is -0.230. The van der Waals surface area contributed by atoms with Crippen molar-refractivity contribution in [2.75, 3.05) is 5.32 Å². The largest absolute Gasteiger partial charge is 0.301 e. The van der Waals surface area contributed by atoms with Gasteiger partial charge in [0.2, 0.25) is 5.91 Å². The average Bonchev–Trinajstić information content (AvgIpc) is 2.70. The summed E-state index contributed by atoms with van der Waals surface area (Å²) in [6.45, 7) is 3.96. The Morgan fingerprint density at radius 3 is 2.79 bits per heavy atom. The van der Waals surface area contributed by atoms with E-state index in [-0.39, 0.29) is 16.7 Å². The van der Waals surface area contributed by atoms with Crippen LogP contribution in [0.4, 0.5) is 5.13 Å². The molecule has 19 heavy (non-hydrogen) atoms. The van der Waals surface area contributed by atoms with Crippen molar-refractivity contribution in [3.63, 3.8) is 0 Å². The van der Waals surface area contributed by atoms with Crippen LogP contribution in [0.2, 0.25) is 5.02 Å². The Morgan fingerprint density at radius 2 is 2.16 bits per heavy atom. The van der Waals surface area contributed by atoms with E-state index in [1.54, 1.807) is 6.07 Å². The molecule has 2 rings (SSSR count). The highest BCUT2D eigenvalue weighted by Gasteiger charge is 2.20. The van der Waals surface area contributed by atoms with E-state index >= 15 is 0 Å². The lowest BCUT2D eigenvalue weighted by Crippen LogP contribution is -2.26. The third-order valence-corrected chi connectivity index (χ3v) is 5.69. The first-order valence-electron chi connectivity index (χ1n) is 5.59. The van der Waals surface area contributed by atoms with Crippen LogP contribution in [0, 0.1) is 5.92 Å². The molecule has 0 bridgehead atoms. The smallest absolute Gasteiger partial charge is 0.240 e. The molecule has 3 nitrogen and oxygen atoms in total. The maximum atomic E-state index is 12.0. The highest BCUT2D eigenvalue weighted by molar-refractivity contribution is 9.10. The van der Waals surface area contributed by atoms with Crippen molar-refractivity contribution in [1.29, 1.82) is 0 Å². The fraction of sp³-hybridized carbons (Fsp3) is 0.333. The Morgan fingerprint density at radius 1 is 1.47 bits per heavy atom. The van der Waals surface area contributed by atoms with Crippen LogP contribution >= 0.6 is 54.8 Å². The maximum absolute atomic E-state index is 12.0. The summed E-state index contributed by atoms with van der Waals surface area (Å²) in [6.07, 6.45) is 0. The molecule has 102 valence electrons. The number of amides is 1. The molecule has 1 aromatic heterocycles. The summed E-state index contributed by atoms with van der Waals surface area (Å²) >= 11 is 14.2. The van der Waals surface area contributed by atoms with Gasteiger partial charge in [-0.15, -0.1) is 0 Å². The standard InChI is InChI=1S/C12H11Br2ClN2OS/c1-5(2)9(14)11(18)17-12-16-10-7(13)3-6(15)4-8(10)19-12/h3-5,9H,1-2H3,(H,16,17,18)/t9-/m0/s1. The quantitative estimate of drug-likeness (QED) is 0.696. The zero-order chi connectivity index (χ0) is 14.2. The van der Waals surface area contributed by atoms with Gasteiger partial charge in [0.15, 0.2) is 5.13 Å². The van der Waals surface area contributed by atoms with Crippen molar-refractivity contribution in [3.05, 3.63) is 21.6 Å². The van der Waals surface area contributed by atoms with E-state index in [0.717, 1.165) is 14.7 Å². The van der Waals surface area contributed by atoms with Crippen molar-refractivity contribution in [2.45, 2.75) is 18.7 Å². The lowest BCUT2D eigenvalue weighted by molar-refractivity contribution is -0.116. The van der Waals surface area contributed by atoms with Crippen molar-refractivity contribution >= 4 is 76.1 Å². The number of hydrogen-bond acceptors (Lipinski definition) is 3. The first-order chi connectivity index (χ1) is 8.88. The van der Waals surface area contributed by atoms with E-state index in [4.69, 9.17) is 11.6 Å². The van der Waals surface area contributed by atoms with Gasteiger partial charge in [-0.1, -0.05) is 52.7 Å². The lowest BCUT2D eigenvalue weighted by Gasteiger charge is -2.11. The summed E-state index contributed by atoms with van der Waals surface area (Å²) in [6, 6.07) is 3.62. The topological polar surface area (TPSA) is 42.0 Å². The maximum Gasteiger partial charge on any atom is 0.240 e. The van der Waals surface area contributed by atoms with Gasteiger partial charge in [0.1, 0.15) is 0 Å². The summed E-state index contributed by atoms with van der Waals surface area (Å²) in [4.78, 5) is 16.1. The number of nitrogens with zero attached hydrogens (tertiary/aromatic N) is 1. The monoisotopic (exact) mass is 424 g/mol. The average molecular weight is 427 g/mol. The van der Waals surface area contributed by atoms with E-state index in [1.165, 1.54) is 11.3 Å². The molecule has 0 saturated heterocycles. The second-order valence-electron chi connectivity index (χ2n) is 4.39. The van der Waals surface area contributed by atoms with Crippen molar-refractivity contribution in [1.82, 2.24) is 4.98 Å². The summed E-state index contributed by atoms with van der Waals surface area (Å²) in [5, 5.41) is 4.03. The highest BCUT2D eigenvalue weighted by Crippen LogP contribution is 2.34. The van der Waals surface area contributed by atoms with Gasteiger partial charge in [0.05, 0.1) is 15.0 Å². The van der Waals surface area contributed by atoms with E-state index in [2.05, 4.69) is 42.2 Å². The number of thiazole rings is 1. The molecule has 1 atom stereocenters. The number of nitrogens with one attached hydrogen (secondary N) is 1. The number of aromatic nitrogens is 1. The Hall–Kier alpha value is -0.170. The first kappa shape index (κ1) is 15.2. The molecule has 0 radical (unpaired) electrons. The number of carbonyl (C=O) groups excluding carboxylic acids is 1.